The van der Waals surface area contributed by atoms with Gasteiger partial charge in [0.1, 0.15) is 0 Å². The Bertz CT molecular complexity index is 714. The predicted molar refractivity (Wildman–Crippen MR) is 108 cm³/mol. The van der Waals surface area contributed by atoms with Crippen molar-refractivity contribution in [1.82, 2.24) is 4.90 Å². The van der Waals surface area contributed by atoms with Gasteiger partial charge in [-0.3, -0.25) is 4.79 Å². The number of nitrogens with two attached hydrogens (primary N) is 1. The molecule has 1 aliphatic heterocycles. The van der Waals surface area contributed by atoms with E-state index in [9.17, 15) is 4.79 Å². The van der Waals surface area contributed by atoms with E-state index in [1.165, 1.54) is 11.3 Å². The molecule has 2 aromatic carbocycles. The van der Waals surface area contributed by atoms with Gasteiger partial charge < -0.3 is 15.5 Å². The monoisotopic (exact) mass is 351 g/mol. The van der Waals surface area contributed by atoms with Crippen LogP contribution in [0, 0.1) is 0 Å². The first-order valence-corrected chi connectivity index (χ1v) is 9.58. The molecule has 0 saturated carbocycles. The minimum Gasteiger partial charge on any atom is -0.372 e. The molecule has 4 nitrogen and oxygen atoms in total. The van der Waals surface area contributed by atoms with Gasteiger partial charge in [-0.1, -0.05) is 37.3 Å². The average Bonchev–Trinajstić information content (AvgIpc) is 3.08. The van der Waals surface area contributed by atoms with Gasteiger partial charge in [0.25, 0.3) is 5.91 Å². The molecule has 0 unspecified atom stereocenters. The molecule has 0 radical (unpaired) electrons. The Hall–Kier alpha value is -2.33. The minimum absolute atomic E-state index is 0.0132. The Balaban J connectivity index is 1.70. The number of benzene rings is 2. The van der Waals surface area contributed by atoms with Gasteiger partial charge >= 0.3 is 0 Å². The van der Waals surface area contributed by atoms with Crippen LogP contribution in [0.3, 0.4) is 0 Å². The summed E-state index contributed by atoms with van der Waals surface area (Å²) in [6.07, 6.45) is 1.11. The number of carbonyl (C=O) groups is 1. The van der Waals surface area contributed by atoms with E-state index >= 15 is 0 Å². The highest BCUT2D eigenvalue weighted by molar-refractivity contribution is 5.95. The number of rotatable bonds is 6. The van der Waals surface area contributed by atoms with Gasteiger partial charge in [0.15, 0.2) is 0 Å². The van der Waals surface area contributed by atoms with Crippen LogP contribution >= 0.6 is 0 Å². The van der Waals surface area contributed by atoms with Gasteiger partial charge in [0, 0.05) is 49.4 Å². The molecule has 2 N–H and O–H groups in total. The molecular weight excluding hydrogens is 322 g/mol. The zero-order valence-corrected chi connectivity index (χ0v) is 15.8. The third-order valence-corrected chi connectivity index (χ3v) is 5.23. The summed E-state index contributed by atoms with van der Waals surface area (Å²) in [5.74, 6) is 0.281. The summed E-state index contributed by atoms with van der Waals surface area (Å²) >= 11 is 0. The van der Waals surface area contributed by atoms with Crippen LogP contribution in [0.1, 0.15) is 42.1 Å². The van der Waals surface area contributed by atoms with Crippen molar-refractivity contribution in [2.75, 3.05) is 31.1 Å². The minimum atomic E-state index is -0.0132. The van der Waals surface area contributed by atoms with Crippen molar-refractivity contribution in [2.45, 2.75) is 32.2 Å². The number of amides is 1. The summed E-state index contributed by atoms with van der Waals surface area (Å²) in [4.78, 5) is 17.1. The molecule has 1 fully saturated rings. The molecule has 0 bridgehead atoms. The highest BCUT2D eigenvalue weighted by Gasteiger charge is 2.34. The van der Waals surface area contributed by atoms with Crippen LogP contribution in [0.4, 0.5) is 5.69 Å². The topological polar surface area (TPSA) is 49.6 Å². The van der Waals surface area contributed by atoms with Crippen molar-refractivity contribution in [3.05, 3.63) is 65.7 Å². The van der Waals surface area contributed by atoms with Crippen LogP contribution in [0.25, 0.3) is 0 Å². The zero-order valence-electron chi connectivity index (χ0n) is 15.8. The molecule has 1 aliphatic rings. The van der Waals surface area contributed by atoms with Crippen molar-refractivity contribution in [2.24, 2.45) is 5.73 Å². The Morgan fingerprint density at radius 1 is 1.08 bits per heavy atom. The van der Waals surface area contributed by atoms with Gasteiger partial charge in [-0.15, -0.1) is 0 Å². The molecule has 1 amide bonds. The van der Waals surface area contributed by atoms with Gasteiger partial charge in [-0.25, -0.2) is 0 Å². The number of carbonyl (C=O) groups excluding carboxylic acids is 1. The molecule has 2 atom stereocenters. The van der Waals surface area contributed by atoms with E-state index in [0.29, 0.717) is 13.1 Å². The first kappa shape index (κ1) is 18.5. The molecule has 3 rings (SSSR count). The molecule has 0 spiro atoms. The van der Waals surface area contributed by atoms with Gasteiger partial charge in [0.05, 0.1) is 0 Å². The number of hydrogen-bond donors (Lipinski definition) is 1. The summed E-state index contributed by atoms with van der Waals surface area (Å²) in [7, 11) is 0. The van der Waals surface area contributed by atoms with Crippen molar-refractivity contribution in [3.63, 3.8) is 0 Å². The maximum Gasteiger partial charge on any atom is 0.253 e. The van der Waals surface area contributed by atoms with E-state index in [1.807, 2.05) is 35.2 Å². The summed E-state index contributed by atoms with van der Waals surface area (Å²) in [6.45, 7) is 7.63. The quantitative estimate of drug-likeness (QED) is 0.867. The fourth-order valence-corrected chi connectivity index (χ4v) is 3.78. The van der Waals surface area contributed by atoms with E-state index in [4.69, 9.17) is 5.73 Å². The lowest BCUT2D eigenvalue weighted by Gasteiger charge is -2.23. The van der Waals surface area contributed by atoms with E-state index < -0.39 is 0 Å². The highest BCUT2D eigenvalue weighted by atomic mass is 16.2. The van der Waals surface area contributed by atoms with Crippen LogP contribution in [0.5, 0.6) is 0 Å². The SMILES string of the molecule is CCCN(CC)c1ccc(C(=O)N2C[C@@H](N)[C@H](c3ccccc3)C2)cc1. The normalized spacial score (nSPS) is 19.6. The molecule has 2 aromatic rings. The van der Waals surface area contributed by atoms with Crippen LogP contribution in [0.2, 0.25) is 0 Å². The number of anilines is 1. The molecule has 1 heterocycles. The Morgan fingerprint density at radius 2 is 1.77 bits per heavy atom. The van der Waals surface area contributed by atoms with Crippen LogP contribution < -0.4 is 10.6 Å². The smallest absolute Gasteiger partial charge is 0.253 e. The maximum absolute atomic E-state index is 12.9. The molecule has 138 valence electrons. The zero-order chi connectivity index (χ0) is 18.5. The van der Waals surface area contributed by atoms with Crippen LogP contribution in [0.15, 0.2) is 54.6 Å². The third-order valence-electron chi connectivity index (χ3n) is 5.23. The molecule has 1 saturated heterocycles. The van der Waals surface area contributed by atoms with Gasteiger partial charge in [0.2, 0.25) is 0 Å². The fourth-order valence-electron chi connectivity index (χ4n) is 3.78. The first-order valence-electron chi connectivity index (χ1n) is 9.58. The molecule has 0 aliphatic carbocycles. The Kier molecular flexibility index (Phi) is 5.94. The molecular formula is C22H29N3O. The largest absolute Gasteiger partial charge is 0.372 e. The van der Waals surface area contributed by atoms with E-state index in [-0.39, 0.29) is 17.9 Å². The standard InChI is InChI=1S/C22H29N3O/c1-3-14-24(4-2)19-12-10-18(11-13-19)22(26)25-15-20(21(23)16-25)17-8-6-5-7-9-17/h5-13,20-21H,3-4,14-16,23H2,1-2H3/t20-,21+/m0/s1. The first-order chi connectivity index (χ1) is 12.6. The van der Waals surface area contributed by atoms with Crippen molar-refractivity contribution in [1.29, 1.82) is 0 Å². The summed E-state index contributed by atoms with van der Waals surface area (Å²) in [6, 6.07) is 18.2. The lowest BCUT2D eigenvalue weighted by atomic mass is 9.95. The molecule has 4 heteroatoms. The van der Waals surface area contributed by atoms with Crippen LogP contribution in [-0.4, -0.2) is 43.0 Å². The van der Waals surface area contributed by atoms with E-state index in [0.717, 1.165) is 25.1 Å². The van der Waals surface area contributed by atoms with Crippen molar-refractivity contribution in [3.8, 4) is 0 Å². The average molecular weight is 351 g/mol. The molecule has 26 heavy (non-hydrogen) atoms. The number of hydrogen-bond acceptors (Lipinski definition) is 3. The lowest BCUT2D eigenvalue weighted by molar-refractivity contribution is 0.0789. The fraction of sp³-hybridized carbons (Fsp3) is 0.409. The Morgan fingerprint density at radius 3 is 2.38 bits per heavy atom. The van der Waals surface area contributed by atoms with Crippen molar-refractivity contribution < 1.29 is 4.79 Å². The maximum atomic E-state index is 12.9. The second kappa shape index (κ2) is 8.37. The second-order valence-electron chi connectivity index (χ2n) is 7.02. The number of likely N-dealkylation sites (tertiary alicyclic amines) is 1. The summed E-state index contributed by atoms with van der Waals surface area (Å²) < 4.78 is 0. The summed E-state index contributed by atoms with van der Waals surface area (Å²) in [5.41, 5.74) is 9.45. The second-order valence-corrected chi connectivity index (χ2v) is 7.02. The summed E-state index contributed by atoms with van der Waals surface area (Å²) in [5, 5.41) is 0. The van der Waals surface area contributed by atoms with Gasteiger partial charge in [-0.2, -0.15) is 0 Å². The lowest BCUT2D eigenvalue weighted by Crippen LogP contribution is -2.32. The van der Waals surface area contributed by atoms with Crippen molar-refractivity contribution >= 4 is 11.6 Å². The Labute approximate surface area is 156 Å². The van der Waals surface area contributed by atoms with Gasteiger partial charge in [-0.05, 0) is 43.2 Å². The predicted octanol–water partition coefficient (Wildman–Crippen LogP) is 3.49. The number of nitrogens with zero attached hydrogens (tertiary/aromatic N) is 2. The third kappa shape index (κ3) is 3.91. The molecule has 0 aromatic heterocycles. The van der Waals surface area contributed by atoms with E-state index in [2.05, 4.69) is 43.0 Å². The highest BCUT2D eigenvalue weighted by Crippen LogP contribution is 2.27. The van der Waals surface area contributed by atoms with E-state index in [1.54, 1.807) is 0 Å². The van der Waals surface area contributed by atoms with Crippen LogP contribution in [-0.2, 0) is 0 Å².